The van der Waals surface area contributed by atoms with Gasteiger partial charge in [-0.15, -0.1) is 0 Å². The minimum Gasteiger partial charge on any atom is -0.335 e. The smallest absolute Gasteiger partial charge is 0.110 e. The molecule has 3 nitrogen and oxygen atoms in total. The Hall–Kier alpha value is -0.480. The summed E-state index contributed by atoms with van der Waals surface area (Å²) in [5.74, 6) is 2.13. The molecule has 0 fully saturated rings. The Bertz CT molecular complexity index is 296. The summed E-state index contributed by atoms with van der Waals surface area (Å²) >= 11 is 1.92. The molecular weight excluding hydrogens is 218 g/mol. The molecule has 1 atom stereocenters. The van der Waals surface area contributed by atoms with E-state index in [1.807, 2.05) is 24.2 Å². The third kappa shape index (κ3) is 4.58. The number of aromatic nitrogens is 2. The average molecular weight is 241 g/mol. The number of imidazole rings is 1. The first-order chi connectivity index (χ1) is 7.63. The Balaban J connectivity index is 2.42. The van der Waals surface area contributed by atoms with Crippen LogP contribution in [0.1, 0.15) is 33.0 Å². The highest BCUT2D eigenvalue weighted by atomic mass is 32.2. The van der Waals surface area contributed by atoms with Crippen LogP contribution in [0.25, 0.3) is 0 Å². The van der Waals surface area contributed by atoms with Crippen molar-refractivity contribution < 1.29 is 0 Å². The Kier molecular flexibility index (Phi) is 5.91. The minimum absolute atomic E-state index is 0.213. The molecule has 0 amide bonds. The van der Waals surface area contributed by atoms with E-state index >= 15 is 0 Å². The molecule has 0 bridgehead atoms. The first-order valence-corrected chi connectivity index (χ1v) is 7.05. The number of nitrogens with two attached hydrogens (primary N) is 1. The van der Waals surface area contributed by atoms with Crippen LogP contribution in [-0.4, -0.2) is 26.6 Å². The fraction of sp³-hybridized carbons (Fsp3) is 0.750. The molecule has 1 heterocycles. The van der Waals surface area contributed by atoms with Gasteiger partial charge in [0.1, 0.15) is 5.82 Å². The van der Waals surface area contributed by atoms with Crippen molar-refractivity contribution in [3.05, 3.63) is 18.2 Å². The fourth-order valence-electron chi connectivity index (χ4n) is 1.58. The predicted molar refractivity (Wildman–Crippen MR) is 71.8 cm³/mol. The molecule has 4 heteroatoms. The maximum atomic E-state index is 6.10. The molecule has 92 valence electrons. The highest BCUT2D eigenvalue weighted by molar-refractivity contribution is 7.99. The van der Waals surface area contributed by atoms with Crippen molar-refractivity contribution in [3.63, 3.8) is 0 Å². The van der Waals surface area contributed by atoms with Crippen LogP contribution in [0.2, 0.25) is 0 Å². The van der Waals surface area contributed by atoms with Crippen molar-refractivity contribution in [1.29, 1.82) is 0 Å². The molecule has 0 aromatic carbocycles. The second-order valence-corrected chi connectivity index (χ2v) is 5.99. The third-order valence-electron chi connectivity index (χ3n) is 2.35. The van der Waals surface area contributed by atoms with Crippen molar-refractivity contribution in [1.82, 2.24) is 9.55 Å². The van der Waals surface area contributed by atoms with Gasteiger partial charge in [0, 0.05) is 37.2 Å². The lowest BCUT2D eigenvalue weighted by Crippen LogP contribution is -2.27. The molecule has 1 unspecified atom stereocenters. The largest absolute Gasteiger partial charge is 0.335 e. The number of aryl methyl sites for hydroxylation is 1. The zero-order valence-electron chi connectivity index (χ0n) is 10.5. The van der Waals surface area contributed by atoms with Gasteiger partial charge in [0.25, 0.3) is 0 Å². The van der Waals surface area contributed by atoms with Crippen molar-refractivity contribution in [2.75, 3.05) is 5.75 Å². The van der Waals surface area contributed by atoms with Gasteiger partial charge in [-0.25, -0.2) is 4.98 Å². The molecule has 0 spiro atoms. The molecule has 0 aliphatic rings. The van der Waals surface area contributed by atoms with Crippen LogP contribution in [-0.2, 0) is 13.0 Å². The number of hydrogen-bond acceptors (Lipinski definition) is 3. The van der Waals surface area contributed by atoms with Gasteiger partial charge in [0.05, 0.1) is 0 Å². The third-order valence-corrected chi connectivity index (χ3v) is 3.64. The van der Waals surface area contributed by atoms with Crippen LogP contribution in [0.5, 0.6) is 0 Å². The van der Waals surface area contributed by atoms with Gasteiger partial charge in [-0.2, -0.15) is 11.8 Å². The summed E-state index contributed by atoms with van der Waals surface area (Å²) in [6.45, 7) is 7.63. The molecule has 0 aliphatic heterocycles. The monoisotopic (exact) mass is 241 g/mol. The van der Waals surface area contributed by atoms with E-state index in [-0.39, 0.29) is 6.04 Å². The molecule has 1 aromatic rings. The quantitative estimate of drug-likeness (QED) is 0.796. The van der Waals surface area contributed by atoms with E-state index in [0.717, 1.165) is 31.0 Å². The van der Waals surface area contributed by atoms with Crippen LogP contribution < -0.4 is 5.73 Å². The lowest BCUT2D eigenvalue weighted by atomic mass is 10.2. The number of nitrogens with zero attached hydrogens (tertiary/aromatic N) is 2. The summed E-state index contributed by atoms with van der Waals surface area (Å²) in [6.07, 6.45) is 5.93. The Labute approximate surface area is 103 Å². The Morgan fingerprint density at radius 3 is 2.88 bits per heavy atom. The molecule has 0 aliphatic carbocycles. The fourth-order valence-corrected chi connectivity index (χ4v) is 2.33. The maximum Gasteiger partial charge on any atom is 0.110 e. The van der Waals surface area contributed by atoms with Crippen LogP contribution in [0.4, 0.5) is 0 Å². The standard InChI is InChI=1S/C12H23N3S/c1-4-6-15-7-5-14-12(15)8-11(13)9-16-10(2)3/h5,7,10-11H,4,6,8-9,13H2,1-3H3. The molecule has 0 radical (unpaired) electrons. The summed E-state index contributed by atoms with van der Waals surface area (Å²) in [5.41, 5.74) is 6.10. The zero-order chi connectivity index (χ0) is 12.0. The molecular formula is C12H23N3S. The number of thioether (sulfide) groups is 1. The van der Waals surface area contributed by atoms with E-state index in [0.29, 0.717) is 5.25 Å². The van der Waals surface area contributed by atoms with Crippen LogP contribution in [0.15, 0.2) is 12.4 Å². The summed E-state index contributed by atoms with van der Waals surface area (Å²) in [7, 11) is 0. The second-order valence-electron chi connectivity index (χ2n) is 4.38. The lowest BCUT2D eigenvalue weighted by molar-refractivity contribution is 0.607. The predicted octanol–water partition coefficient (Wildman–Crippen LogP) is 2.30. The van der Waals surface area contributed by atoms with Crippen LogP contribution in [0.3, 0.4) is 0 Å². The SMILES string of the molecule is CCCn1ccnc1CC(N)CSC(C)C. The number of rotatable bonds is 7. The summed E-state index contributed by atoms with van der Waals surface area (Å²) in [6, 6.07) is 0.213. The van der Waals surface area contributed by atoms with E-state index in [4.69, 9.17) is 5.73 Å². The van der Waals surface area contributed by atoms with Crippen LogP contribution >= 0.6 is 11.8 Å². The molecule has 1 rings (SSSR count). The Morgan fingerprint density at radius 1 is 1.50 bits per heavy atom. The van der Waals surface area contributed by atoms with E-state index in [9.17, 15) is 0 Å². The van der Waals surface area contributed by atoms with Crippen molar-refractivity contribution >= 4 is 11.8 Å². The molecule has 16 heavy (non-hydrogen) atoms. The molecule has 1 aromatic heterocycles. The van der Waals surface area contributed by atoms with E-state index in [1.165, 1.54) is 0 Å². The van der Waals surface area contributed by atoms with Gasteiger partial charge >= 0.3 is 0 Å². The van der Waals surface area contributed by atoms with Gasteiger partial charge in [-0.05, 0) is 11.7 Å². The van der Waals surface area contributed by atoms with E-state index in [1.54, 1.807) is 0 Å². The maximum absolute atomic E-state index is 6.10. The average Bonchev–Trinajstić information content (AvgIpc) is 2.63. The van der Waals surface area contributed by atoms with Crippen molar-refractivity contribution in [2.24, 2.45) is 5.73 Å². The summed E-state index contributed by atoms with van der Waals surface area (Å²) in [5, 5.41) is 0.654. The normalized spacial score (nSPS) is 13.3. The number of hydrogen-bond donors (Lipinski definition) is 1. The van der Waals surface area contributed by atoms with Crippen molar-refractivity contribution in [2.45, 2.75) is 51.4 Å². The summed E-state index contributed by atoms with van der Waals surface area (Å²) in [4.78, 5) is 4.38. The Morgan fingerprint density at radius 2 is 2.25 bits per heavy atom. The molecule has 2 N–H and O–H groups in total. The second kappa shape index (κ2) is 6.97. The highest BCUT2D eigenvalue weighted by Gasteiger charge is 2.09. The van der Waals surface area contributed by atoms with Gasteiger partial charge in [-0.3, -0.25) is 0 Å². The summed E-state index contributed by atoms with van der Waals surface area (Å²) < 4.78 is 2.21. The first-order valence-electron chi connectivity index (χ1n) is 6.00. The lowest BCUT2D eigenvalue weighted by Gasteiger charge is -2.13. The van der Waals surface area contributed by atoms with Gasteiger partial charge < -0.3 is 10.3 Å². The first kappa shape index (κ1) is 13.6. The topological polar surface area (TPSA) is 43.8 Å². The van der Waals surface area contributed by atoms with E-state index in [2.05, 4.69) is 30.3 Å². The van der Waals surface area contributed by atoms with Gasteiger partial charge in [0.2, 0.25) is 0 Å². The van der Waals surface area contributed by atoms with Gasteiger partial charge in [-0.1, -0.05) is 20.8 Å². The molecule has 0 saturated heterocycles. The van der Waals surface area contributed by atoms with Gasteiger partial charge in [0.15, 0.2) is 0 Å². The highest BCUT2D eigenvalue weighted by Crippen LogP contribution is 2.12. The zero-order valence-corrected chi connectivity index (χ0v) is 11.3. The molecule has 0 saturated carbocycles. The van der Waals surface area contributed by atoms with Crippen LogP contribution in [0, 0.1) is 0 Å². The van der Waals surface area contributed by atoms with Crippen molar-refractivity contribution in [3.8, 4) is 0 Å². The minimum atomic E-state index is 0.213. The van der Waals surface area contributed by atoms with E-state index < -0.39 is 0 Å².